The van der Waals surface area contributed by atoms with E-state index in [1.165, 1.54) is 0 Å². The predicted molar refractivity (Wildman–Crippen MR) is 88.2 cm³/mol. The van der Waals surface area contributed by atoms with Crippen molar-refractivity contribution >= 4 is 18.0 Å². The molecule has 0 unspecified atom stereocenters. The van der Waals surface area contributed by atoms with Gasteiger partial charge in [-0.3, -0.25) is 20.4 Å². The molecule has 0 saturated heterocycles. The molecule has 1 rings (SSSR count). The lowest BCUT2D eigenvalue weighted by Crippen LogP contribution is -2.47. The number of aliphatic imine (C=N–C) groups is 1. The van der Waals surface area contributed by atoms with Crippen LogP contribution in [-0.4, -0.2) is 40.6 Å². The Morgan fingerprint density at radius 1 is 1.26 bits per heavy atom. The van der Waals surface area contributed by atoms with Crippen molar-refractivity contribution in [1.29, 1.82) is 0 Å². The highest BCUT2D eigenvalue weighted by Crippen LogP contribution is 2.06. The Morgan fingerprint density at radius 2 is 1.91 bits per heavy atom. The molecule has 0 aromatic carbocycles. The third-order valence-electron chi connectivity index (χ3n) is 2.34. The number of aromatic nitrogens is 1. The molecule has 128 valence electrons. The molecule has 0 bridgehead atoms. The maximum absolute atomic E-state index is 12.1. The van der Waals surface area contributed by atoms with E-state index in [2.05, 4.69) is 20.6 Å². The van der Waals surface area contributed by atoms with Crippen molar-refractivity contribution in [3.05, 3.63) is 24.0 Å². The highest BCUT2D eigenvalue weighted by molar-refractivity contribution is 6.08. The van der Waals surface area contributed by atoms with Crippen LogP contribution in [0.4, 0.5) is 4.79 Å². The van der Waals surface area contributed by atoms with Gasteiger partial charge in [0, 0.05) is 11.7 Å². The molecule has 0 radical (unpaired) electrons. The number of nitrogens with two attached hydrogens (primary N) is 1. The number of hydrogen-bond donors (Lipinski definition) is 4. The van der Waals surface area contributed by atoms with Gasteiger partial charge in [0.15, 0.2) is 0 Å². The minimum Gasteiger partial charge on any atom is -0.444 e. The SMILES string of the molecule is CC(C)(N)CN=C(NC(=O)OC(C)(C)C)NC(=O)c1ccc[nH]1. The average molecular weight is 323 g/mol. The lowest BCUT2D eigenvalue weighted by molar-refractivity contribution is 0.0561. The number of nitrogens with zero attached hydrogens (tertiary/aromatic N) is 1. The van der Waals surface area contributed by atoms with Crippen molar-refractivity contribution < 1.29 is 14.3 Å². The van der Waals surface area contributed by atoms with E-state index in [4.69, 9.17) is 10.5 Å². The zero-order valence-electron chi connectivity index (χ0n) is 14.2. The molecule has 23 heavy (non-hydrogen) atoms. The Bertz CT molecular complexity index is 565. The second-order valence-corrected chi connectivity index (χ2v) is 6.82. The average Bonchev–Trinajstić information content (AvgIpc) is 2.86. The summed E-state index contributed by atoms with van der Waals surface area (Å²) in [6.07, 6.45) is 0.911. The molecular weight excluding hydrogens is 298 g/mol. The molecule has 1 aromatic heterocycles. The number of carbonyl (C=O) groups excluding carboxylic acids is 2. The highest BCUT2D eigenvalue weighted by Gasteiger charge is 2.19. The minimum absolute atomic E-state index is 0.0163. The van der Waals surface area contributed by atoms with Crippen molar-refractivity contribution in [3.63, 3.8) is 0 Å². The van der Waals surface area contributed by atoms with Gasteiger partial charge in [0.25, 0.3) is 5.91 Å². The number of carbonyl (C=O) groups is 2. The van der Waals surface area contributed by atoms with Crippen LogP contribution in [0.15, 0.2) is 23.3 Å². The van der Waals surface area contributed by atoms with Crippen LogP contribution >= 0.6 is 0 Å². The number of amides is 2. The van der Waals surface area contributed by atoms with Crippen molar-refractivity contribution in [2.45, 2.75) is 45.8 Å². The third-order valence-corrected chi connectivity index (χ3v) is 2.34. The molecule has 8 heteroatoms. The van der Waals surface area contributed by atoms with Gasteiger partial charge in [0.2, 0.25) is 5.96 Å². The number of guanidine groups is 1. The zero-order valence-corrected chi connectivity index (χ0v) is 14.2. The van der Waals surface area contributed by atoms with Crippen molar-refractivity contribution in [1.82, 2.24) is 15.6 Å². The maximum atomic E-state index is 12.1. The summed E-state index contributed by atoms with van der Waals surface area (Å²) in [4.78, 5) is 30.8. The monoisotopic (exact) mass is 323 g/mol. The molecule has 0 spiro atoms. The van der Waals surface area contributed by atoms with E-state index in [0.717, 1.165) is 0 Å². The van der Waals surface area contributed by atoms with Gasteiger partial charge < -0.3 is 15.5 Å². The molecule has 8 nitrogen and oxygen atoms in total. The van der Waals surface area contributed by atoms with Gasteiger partial charge in [0.1, 0.15) is 11.3 Å². The molecule has 0 aliphatic rings. The smallest absolute Gasteiger partial charge is 0.414 e. The van der Waals surface area contributed by atoms with E-state index < -0.39 is 23.1 Å². The van der Waals surface area contributed by atoms with Crippen LogP contribution in [0.1, 0.15) is 45.1 Å². The fourth-order valence-electron chi connectivity index (χ4n) is 1.44. The Kier molecular flexibility index (Phi) is 5.91. The number of hydrogen-bond acceptors (Lipinski definition) is 5. The van der Waals surface area contributed by atoms with E-state index >= 15 is 0 Å². The predicted octanol–water partition coefficient (Wildman–Crippen LogP) is 1.36. The zero-order chi connectivity index (χ0) is 17.7. The Hall–Kier alpha value is -2.35. The lowest BCUT2D eigenvalue weighted by atomic mass is 10.1. The number of alkyl carbamates (subject to hydrolysis) is 1. The van der Waals surface area contributed by atoms with E-state index in [1.807, 2.05) is 0 Å². The number of rotatable bonds is 3. The van der Waals surface area contributed by atoms with E-state index in [0.29, 0.717) is 5.69 Å². The molecule has 1 heterocycles. The first-order chi connectivity index (χ1) is 10.5. The second kappa shape index (κ2) is 7.28. The van der Waals surface area contributed by atoms with Gasteiger partial charge in [-0.1, -0.05) is 0 Å². The first-order valence-electron chi connectivity index (χ1n) is 7.24. The highest BCUT2D eigenvalue weighted by atomic mass is 16.6. The Labute approximate surface area is 135 Å². The minimum atomic E-state index is -0.710. The van der Waals surface area contributed by atoms with E-state index in [-0.39, 0.29) is 12.5 Å². The summed E-state index contributed by atoms with van der Waals surface area (Å²) in [6, 6.07) is 3.29. The van der Waals surface area contributed by atoms with Crippen LogP contribution in [0.3, 0.4) is 0 Å². The summed E-state index contributed by atoms with van der Waals surface area (Å²) in [6.45, 7) is 9.00. The fraction of sp³-hybridized carbons (Fsp3) is 0.533. The summed E-state index contributed by atoms with van der Waals surface area (Å²) in [5.74, 6) is -0.447. The summed E-state index contributed by atoms with van der Waals surface area (Å²) in [5.41, 5.74) is 4.97. The number of aromatic amines is 1. The van der Waals surface area contributed by atoms with E-state index in [1.54, 1.807) is 52.9 Å². The first kappa shape index (κ1) is 18.7. The van der Waals surface area contributed by atoms with Crippen LogP contribution in [-0.2, 0) is 4.74 Å². The fourth-order valence-corrected chi connectivity index (χ4v) is 1.44. The van der Waals surface area contributed by atoms with Crippen LogP contribution in [0, 0.1) is 0 Å². The molecule has 0 fully saturated rings. The molecule has 2 amide bonds. The quantitative estimate of drug-likeness (QED) is 0.495. The summed E-state index contributed by atoms with van der Waals surface area (Å²) in [7, 11) is 0. The Balaban J connectivity index is 2.81. The van der Waals surface area contributed by atoms with Gasteiger partial charge in [-0.05, 0) is 46.8 Å². The van der Waals surface area contributed by atoms with Crippen molar-refractivity contribution in [3.8, 4) is 0 Å². The van der Waals surface area contributed by atoms with Crippen LogP contribution in [0.5, 0.6) is 0 Å². The molecule has 0 aliphatic carbocycles. The molecule has 5 N–H and O–H groups in total. The number of H-pyrrole nitrogens is 1. The molecule has 0 aliphatic heterocycles. The third kappa shape index (κ3) is 8.01. The summed E-state index contributed by atoms with van der Waals surface area (Å²) in [5, 5.41) is 4.95. The normalized spacial score (nSPS) is 12.7. The van der Waals surface area contributed by atoms with Crippen molar-refractivity contribution in [2.75, 3.05) is 6.54 Å². The molecule has 0 atom stereocenters. The largest absolute Gasteiger partial charge is 0.444 e. The topological polar surface area (TPSA) is 122 Å². The van der Waals surface area contributed by atoms with Crippen LogP contribution < -0.4 is 16.4 Å². The van der Waals surface area contributed by atoms with Gasteiger partial charge in [-0.2, -0.15) is 0 Å². The van der Waals surface area contributed by atoms with Gasteiger partial charge in [-0.15, -0.1) is 0 Å². The Morgan fingerprint density at radius 3 is 2.39 bits per heavy atom. The second-order valence-electron chi connectivity index (χ2n) is 6.82. The van der Waals surface area contributed by atoms with Crippen molar-refractivity contribution in [2.24, 2.45) is 10.7 Å². The number of nitrogens with one attached hydrogen (secondary N) is 3. The maximum Gasteiger partial charge on any atom is 0.414 e. The van der Waals surface area contributed by atoms with Crippen LogP contribution in [0.2, 0.25) is 0 Å². The lowest BCUT2D eigenvalue weighted by Gasteiger charge is -2.21. The molecule has 1 aromatic rings. The first-order valence-corrected chi connectivity index (χ1v) is 7.24. The summed E-state index contributed by atoms with van der Waals surface area (Å²) < 4.78 is 5.15. The molecular formula is C15H25N5O3. The van der Waals surface area contributed by atoms with E-state index in [9.17, 15) is 9.59 Å². The van der Waals surface area contributed by atoms with Gasteiger partial charge in [-0.25, -0.2) is 4.79 Å². The molecule has 0 saturated carbocycles. The van der Waals surface area contributed by atoms with Gasteiger partial charge >= 0.3 is 6.09 Å². The standard InChI is InChI=1S/C15H25N5O3/c1-14(2,3)23-13(22)20-12(18-9-15(4,5)16)19-11(21)10-7-6-8-17-10/h6-8,17H,9,16H2,1-5H3,(H2,18,19,20,21,22). The van der Waals surface area contributed by atoms with Crippen LogP contribution in [0.25, 0.3) is 0 Å². The number of ether oxygens (including phenoxy) is 1. The van der Waals surface area contributed by atoms with Gasteiger partial charge in [0.05, 0.1) is 6.54 Å². The summed E-state index contributed by atoms with van der Waals surface area (Å²) >= 11 is 0.